The Labute approximate surface area is 127 Å². The van der Waals surface area contributed by atoms with Gasteiger partial charge in [0.15, 0.2) is 10.6 Å². The number of benzene rings is 2. The van der Waals surface area contributed by atoms with Gasteiger partial charge in [0.2, 0.25) is 0 Å². The van der Waals surface area contributed by atoms with Crippen molar-refractivity contribution >= 4 is 12.2 Å². The number of para-hydroxylation sites is 1. The number of H-pyrrole nitrogens is 1. The van der Waals surface area contributed by atoms with Crippen LogP contribution in [0, 0.1) is 4.77 Å². The minimum Gasteiger partial charge on any atom is -0.388 e. The summed E-state index contributed by atoms with van der Waals surface area (Å²) in [5, 5.41) is 16.2. The first-order valence-electron chi connectivity index (χ1n) is 6.69. The zero-order valence-corrected chi connectivity index (χ0v) is 12.2. The summed E-state index contributed by atoms with van der Waals surface area (Å²) in [5.41, 5.74) is 3.31. The van der Waals surface area contributed by atoms with Gasteiger partial charge in [-0.25, -0.2) is 0 Å². The second-order valence-electron chi connectivity index (χ2n) is 4.73. The number of nitrogens with zero attached hydrogens (tertiary/aromatic N) is 2. The maximum Gasteiger partial charge on any atom is 0.199 e. The Morgan fingerprint density at radius 2 is 1.76 bits per heavy atom. The molecule has 0 bridgehead atoms. The molecule has 0 amide bonds. The standard InChI is InChI=1S/C16H15N3OS/c20-11-15-17-18-16(21)19(15)14-9-5-4-8-13(14)10-12-6-2-1-3-7-12/h1-9,20H,10-11H2,(H,18,21). The average molecular weight is 297 g/mol. The Hall–Kier alpha value is -2.24. The molecule has 0 aliphatic rings. The van der Waals surface area contributed by atoms with Crippen LogP contribution in [0.15, 0.2) is 54.6 Å². The van der Waals surface area contributed by atoms with Crippen molar-refractivity contribution in [3.05, 3.63) is 76.3 Å². The van der Waals surface area contributed by atoms with Gasteiger partial charge in [-0.1, -0.05) is 48.5 Å². The zero-order valence-electron chi connectivity index (χ0n) is 11.4. The molecular formula is C16H15N3OS. The number of hydrogen-bond donors (Lipinski definition) is 2. The van der Waals surface area contributed by atoms with Crippen LogP contribution in [0.4, 0.5) is 0 Å². The van der Waals surface area contributed by atoms with E-state index >= 15 is 0 Å². The van der Waals surface area contributed by atoms with E-state index in [0.717, 1.165) is 17.7 Å². The molecule has 106 valence electrons. The summed E-state index contributed by atoms with van der Waals surface area (Å²) in [6.45, 7) is -0.160. The van der Waals surface area contributed by atoms with E-state index < -0.39 is 0 Å². The highest BCUT2D eigenvalue weighted by Gasteiger charge is 2.11. The second-order valence-corrected chi connectivity index (χ2v) is 5.12. The summed E-state index contributed by atoms with van der Waals surface area (Å²) in [7, 11) is 0. The minimum absolute atomic E-state index is 0.160. The van der Waals surface area contributed by atoms with Crippen LogP contribution in [0.25, 0.3) is 5.69 Å². The first-order valence-corrected chi connectivity index (χ1v) is 7.10. The Bertz CT molecular complexity index is 793. The fraction of sp³-hybridized carbons (Fsp3) is 0.125. The molecule has 21 heavy (non-hydrogen) atoms. The number of aliphatic hydroxyl groups excluding tert-OH is 1. The van der Waals surface area contributed by atoms with Crippen LogP contribution in [0.5, 0.6) is 0 Å². The molecular weight excluding hydrogens is 282 g/mol. The van der Waals surface area contributed by atoms with Crippen molar-refractivity contribution in [3.8, 4) is 5.69 Å². The summed E-state index contributed by atoms with van der Waals surface area (Å²) >= 11 is 5.28. The van der Waals surface area contributed by atoms with Gasteiger partial charge >= 0.3 is 0 Å². The van der Waals surface area contributed by atoms with Crippen LogP contribution in [0.1, 0.15) is 17.0 Å². The number of hydrogen-bond acceptors (Lipinski definition) is 3. The lowest BCUT2D eigenvalue weighted by molar-refractivity contribution is 0.268. The van der Waals surface area contributed by atoms with Gasteiger partial charge < -0.3 is 5.11 Å². The zero-order chi connectivity index (χ0) is 14.7. The van der Waals surface area contributed by atoms with E-state index in [1.165, 1.54) is 5.56 Å². The topological polar surface area (TPSA) is 53.8 Å². The smallest absolute Gasteiger partial charge is 0.199 e. The third-order valence-corrected chi connectivity index (χ3v) is 3.63. The van der Waals surface area contributed by atoms with E-state index in [0.29, 0.717) is 10.6 Å². The molecule has 0 fully saturated rings. The fourth-order valence-electron chi connectivity index (χ4n) is 2.38. The maximum atomic E-state index is 9.42. The van der Waals surface area contributed by atoms with E-state index in [9.17, 15) is 5.11 Å². The van der Waals surface area contributed by atoms with Gasteiger partial charge in [-0.15, -0.1) is 0 Å². The summed E-state index contributed by atoms with van der Waals surface area (Å²) in [6, 6.07) is 18.3. The van der Waals surface area contributed by atoms with Crippen LogP contribution >= 0.6 is 12.2 Å². The third kappa shape index (κ3) is 2.79. The van der Waals surface area contributed by atoms with Crippen molar-refractivity contribution in [1.29, 1.82) is 0 Å². The lowest BCUT2D eigenvalue weighted by Gasteiger charge is -2.11. The van der Waals surface area contributed by atoms with E-state index in [2.05, 4.69) is 28.4 Å². The molecule has 0 saturated carbocycles. The lowest BCUT2D eigenvalue weighted by Crippen LogP contribution is -2.05. The number of nitrogens with one attached hydrogen (secondary N) is 1. The van der Waals surface area contributed by atoms with E-state index in [1.54, 1.807) is 4.57 Å². The largest absolute Gasteiger partial charge is 0.388 e. The molecule has 0 radical (unpaired) electrons. The molecule has 0 aliphatic carbocycles. The van der Waals surface area contributed by atoms with E-state index in [1.807, 2.05) is 36.4 Å². The maximum absolute atomic E-state index is 9.42. The Morgan fingerprint density at radius 3 is 2.52 bits per heavy atom. The number of aromatic nitrogens is 3. The highest BCUT2D eigenvalue weighted by Crippen LogP contribution is 2.20. The third-order valence-electron chi connectivity index (χ3n) is 3.35. The predicted octanol–water partition coefficient (Wildman–Crippen LogP) is 3.01. The van der Waals surface area contributed by atoms with Gasteiger partial charge in [-0.05, 0) is 35.8 Å². The molecule has 0 spiro atoms. The molecule has 5 heteroatoms. The average Bonchev–Trinajstić information content (AvgIpc) is 2.90. The normalized spacial score (nSPS) is 10.7. The molecule has 1 aromatic heterocycles. The van der Waals surface area contributed by atoms with Gasteiger partial charge in [0.05, 0.1) is 5.69 Å². The van der Waals surface area contributed by atoms with Gasteiger partial charge in [0, 0.05) is 0 Å². The van der Waals surface area contributed by atoms with Gasteiger partial charge in [-0.2, -0.15) is 5.10 Å². The summed E-state index contributed by atoms with van der Waals surface area (Å²) < 4.78 is 2.27. The molecule has 0 saturated heterocycles. The summed E-state index contributed by atoms with van der Waals surface area (Å²) in [5.74, 6) is 0.514. The number of aromatic amines is 1. The van der Waals surface area contributed by atoms with Gasteiger partial charge in [0.1, 0.15) is 6.61 Å². The second kappa shape index (κ2) is 6.03. The molecule has 4 nitrogen and oxygen atoms in total. The SMILES string of the molecule is OCc1n[nH]c(=S)n1-c1ccccc1Cc1ccccc1. The first-order chi connectivity index (χ1) is 10.3. The van der Waals surface area contributed by atoms with E-state index in [-0.39, 0.29) is 6.61 Å². The number of aliphatic hydroxyl groups is 1. The Balaban J connectivity index is 2.08. The molecule has 0 aliphatic heterocycles. The molecule has 0 unspecified atom stereocenters. The quantitative estimate of drug-likeness (QED) is 0.728. The molecule has 2 N–H and O–H groups in total. The predicted molar refractivity (Wildman–Crippen MR) is 83.9 cm³/mol. The van der Waals surface area contributed by atoms with E-state index in [4.69, 9.17) is 12.2 Å². The molecule has 3 aromatic rings. The van der Waals surface area contributed by atoms with Crippen LogP contribution in [0.3, 0.4) is 0 Å². The van der Waals surface area contributed by atoms with Crippen molar-refractivity contribution in [2.45, 2.75) is 13.0 Å². The highest BCUT2D eigenvalue weighted by atomic mass is 32.1. The summed E-state index contributed by atoms with van der Waals surface area (Å²) in [4.78, 5) is 0. The Kier molecular flexibility index (Phi) is 3.94. The van der Waals surface area contributed by atoms with Crippen LogP contribution in [0.2, 0.25) is 0 Å². The van der Waals surface area contributed by atoms with Crippen molar-refractivity contribution in [3.63, 3.8) is 0 Å². The summed E-state index contributed by atoms with van der Waals surface area (Å²) in [6.07, 6.45) is 0.800. The minimum atomic E-state index is -0.160. The van der Waals surface area contributed by atoms with Crippen molar-refractivity contribution < 1.29 is 5.11 Å². The van der Waals surface area contributed by atoms with Gasteiger partial charge in [0.25, 0.3) is 0 Å². The Morgan fingerprint density at radius 1 is 1.05 bits per heavy atom. The van der Waals surface area contributed by atoms with Crippen LogP contribution < -0.4 is 0 Å². The molecule has 0 atom stereocenters. The van der Waals surface area contributed by atoms with Crippen molar-refractivity contribution in [2.24, 2.45) is 0 Å². The van der Waals surface area contributed by atoms with Crippen LogP contribution in [-0.4, -0.2) is 19.9 Å². The first kappa shape index (κ1) is 13.7. The van der Waals surface area contributed by atoms with Gasteiger partial charge in [-0.3, -0.25) is 9.67 Å². The highest BCUT2D eigenvalue weighted by molar-refractivity contribution is 7.71. The fourth-order valence-corrected chi connectivity index (χ4v) is 2.63. The molecule has 1 heterocycles. The monoisotopic (exact) mass is 297 g/mol. The van der Waals surface area contributed by atoms with Crippen molar-refractivity contribution in [2.75, 3.05) is 0 Å². The van der Waals surface area contributed by atoms with Crippen LogP contribution in [-0.2, 0) is 13.0 Å². The molecule has 2 aromatic carbocycles. The molecule has 3 rings (SSSR count). The number of rotatable bonds is 4. The lowest BCUT2D eigenvalue weighted by atomic mass is 10.0. The van der Waals surface area contributed by atoms with Crippen molar-refractivity contribution in [1.82, 2.24) is 14.8 Å².